The number of ether oxygens (including phenoxy) is 1. The number of guanidine groups is 1. The molecule has 0 aliphatic carbocycles. The minimum absolute atomic E-state index is 0.304. The average Bonchev–Trinajstić information content (AvgIpc) is 2.75. The first-order valence-electron chi connectivity index (χ1n) is 11.1. The van der Waals surface area contributed by atoms with Crippen LogP contribution in [0.3, 0.4) is 0 Å². The zero-order valence-electron chi connectivity index (χ0n) is 17.5. The second kappa shape index (κ2) is 11.4. The van der Waals surface area contributed by atoms with Crippen LogP contribution in [0.4, 0.5) is 0 Å². The van der Waals surface area contributed by atoms with Crippen molar-refractivity contribution in [2.24, 2.45) is 4.99 Å². The maximum absolute atomic E-state index is 12.5. The van der Waals surface area contributed by atoms with E-state index in [-0.39, 0.29) is 0 Å². The van der Waals surface area contributed by atoms with Gasteiger partial charge in [0.2, 0.25) is 5.91 Å². The summed E-state index contributed by atoms with van der Waals surface area (Å²) in [6.45, 7) is 11.6. The van der Waals surface area contributed by atoms with Crippen LogP contribution in [0.2, 0.25) is 0 Å². The van der Waals surface area contributed by atoms with Crippen molar-refractivity contribution < 1.29 is 9.53 Å². The molecule has 0 aromatic carbocycles. The van der Waals surface area contributed by atoms with Crippen LogP contribution in [0.25, 0.3) is 0 Å². The lowest BCUT2D eigenvalue weighted by Gasteiger charge is -2.37. The van der Waals surface area contributed by atoms with Crippen LogP contribution >= 0.6 is 0 Å². The maximum Gasteiger partial charge on any atom is 0.236 e. The zero-order chi connectivity index (χ0) is 19.6. The Labute approximate surface area is 169 Å². The Kier molecular flexibility index (Phi) is 8.61. The predicted octanol–water partition coefficient (Wildman–Crippen LogP) is 1.32. The zero-order valence-corrected chi connectivity index (χ0v) is 17.5. The molecule has 7 heteroatoms. The minimum Gasteiger partial charge on any atom is -0.377 e. The Hall–Kier alpha value is -1.60. The Morgan fingerprint density at radius 2 is 1.89 bits per heavy atom. The quantitative estimate of drug-likeness (QED) is 0.420. The van der Waals surface area contributed by atoms with E-state index in [0.29, 0.717) is 12.5 Å². The molecule has 0 aromatic rings. The molecule has 1 amide bonds. The number of hydrogen-bond donors (Lipinski definition) is 1. The van der Waals surface area contributed by atoms with Gasteiger partial charge in [-0.15, -0.1) is 0 Å². The summed E-state index contributed by atoms with van der Waals surface area (Å²) >= 11 is 0. The minimum atomic E-state index is 0.304. The molecule has 2 fully saturated rings. The van der Waals surface area contributed by atoms with Crippen LogP contribution in [0.15, 0.2) is 16.6 Å². The molecule has 0 saturated carbocycles. The molecule has 7 nitrogen and oxygen atoms in total. The van der Waals surface area contributed by atoms with Crippen LogP contribution in [-0.2, 0) is 9.53 Å². The second-order valence-corrected chi connectivity index (χ2v) is 7.88. The molecule has 0 aromatic heterocycles. The van der Waals surface area contributed by atoms with E-state index in [1.807, 2.05) is 4.90 Å². The van der Waals surface area contributed by atoms with E-state index in [2.05, 4.69) is 28.1 Å². The van der Waals surface area contributed by atoms with Gasteiger partial charge >= 0.3 is 0 Å². The van der Waals surface area contributed by atoms with Gasteiger partial charge in [0.15, 0.2) is 5.96 Å². The van der Waals surface area contributed by atoms with Gasteiger partial charge in [-0.1, -0.05) is 11.6 Å². The molecule has 3 heterocycles. The molecule has 2 saturated heterocycles. The summed E-state index contributed by atoms with van der Waals surface area (Å²) in [7, 11) is 0. The highest BCUT2D eigenvalue weighted by Gasteiger charge is 2.24. The lowest BCUT2D eigenvalue weighted by molar-refractivity contribution is -0.133. The molecule has 0 radical (unpaired) electrons. The Morgan fingerprint density at radius 1 is 1.11 bits per heavy atom. The second-order valence-electron chi connectivity index (χ2n) is 7.88. The Balaban J connectivity index is 1.43. The van der Waals surface area contributed by atoms with Crippen LogP contribution in [0.1, 0.15) is 39.0 Å². The van der Waals surface area contributed by atoms with Crippen molar-refractivity contribution in [3.8, 4) is 0 Å². The Bertz CT molecular complexity index is 549. The van der Waals surface area contributed by atoms with E-state index in [9.17, 15) is 4.79 Å². The molecule has 0 spiro atoms. The van der Waals surface area contributed by atoms with Crippen molar-refractivity contribution in [2.45, 2.75) is 39.0 Å². The summed E-state index contributed by atoms with van der Waals surface area (Å²) in [5.74, 6) is 1.32. The van der Waals surface area contributed by atoms with Gasteiger partial charge in [0.05, 0.1) is 19.8 Å². The Morgan fingerprint density at radius 3 is 2.57 bits per heavy atom. The predicted molar refractivity (Wildman–Crippen MR) is 113 cm³/mol. The lowest BCUT2D eigenvalue weighted by atomic mass is 10.1. The van der Waals surface area contributed by atoms with Gasteiger partial charge < -0.3 is 19.9 Å². The molecular weight excluding hydrogens is 354 g/mol. The number of piperazine rings is 1. The summed E-state index contributed by atoms with van der Waals surface area (Å²) in [6, 6.07) is 0. The SMILES string of the molecule is CCNC(=NCCC1=CCOCC1)N1CCN(CC(=O)N2CCCCC2)CC1. The smallest absolute Gasteiger partial charge is 0.236 e. The molecule has 3 aliphatic heterocycles. The first-order valence-corrected chi connectivity index (χ1v) is 11.1. The molecule has 0 bridgehead atoms. The van der Waals surface area contributed by atoms with Gasteiger partial charge in [-0.05, 0) is 39.0 Å². The topological polar surface area (TPSA) is 60.4 Å². The van der Waals surface area contributed by atoms with E-state index in [1.54, 1.807) is 0 Å². The van der Waals surface area contributed by atoms with Gasteiger partial charge in [0, 0.05) is 52.4 Å². The van der Waals surface area contributed by atoms with E-state index in [4.69, 9.17) is 9.73 Å². The molecule has 0 atom stereocenters. The summed E-state index contributed by atoms with van der Waals surface area (Å²) in [6.07, 6.45) is 7.83. The highest BCUT2D eigenvalue weighted by molar-refractivity contribution is 5.80. The highest BCUT2D eigenvalue weighted by atomic mass is 16.5. The fourth-order valence-corrected chi connectivity index (χ4v) is 4.08. The number of aliphatic imine (C=N–C) groups is 1. The monoisotopic (exact) mass is 391 g/mol. The van der Waals surface area contributed by atoms with Crippen LogP contribution in [-0.4, -0.2) is 98.7 Å². The molecule has 28 heavy (non-hydrogen) atoms. The summed E-state index contributed by atoms with van der Waals surface area (Å²) in [5, 5.41) is 3.44. The number of likely N-dealkylation sites (tertiary alicyclic amines) is 1. The van der Waals surface area contributed by atoms with Gasteiger partial charge in [-0.3, -0.25) is 14.7 Å². The standard InChI is InChI=1S/C21H37N5O2/c1-2-22-21(23-9-6-19-7-16-28-17-8-19)26-14-12-24(13-15-26)18-20(27)25-10-4-3-5-11-25/h7H,2-6,8-18H2,1H3,(H,22,23). The lowest BCUT2D eigenvalue weighted by Crippen LogP contribution is -2.54. The number of hydrogen-bond acceptors (Lipinski definition) is 4. The third-order valence-corrected chi connectivity index (χ3v) is 5.83. The average molecular weight is 392 g/mol. The van der Waals surface area contributed by atoms with E-state index in [1.165, 1.54) is 12.0 Å². The molecular formula is C21H37N5O2. The number of nitrogens with zero attached hydrogens (tertiary/aromatic N) is 4. The first-order chi connectivity index (χ1) is 13.8. The van der Waals surface area contributed by atoms with Crippen molar-refractivity contribution in [1.29, 1.82) is 0 Å². The third-order valence-electron chi connectivity index (χ3n) is 5.83. The van der Waals surface area contributed by atoms with Crippen molar-refractivity contribution >= 4 is 11.9 Å². The summed E-state index contributed by atoms with van der Waals surface area (Å²) in [5.41, 5.74) is 1.46. The number of amides is 1. The molecule has 3 rings (SSSR count). The highest BCUT2D eigenvalue weighted by Crippen LogP contribution is 2.12. The number of nitrogens with one attached hydrogen (secondary N) is 1. The van der Waals surface area contributed by atoms with Gasteiger partial charge in [0.1, 0.15) is 0 Å². The summed E-state index contributed by atoms with van der Waals surface area (Å²) < 4.78 is 5.37. The van der Waals surface area contributed by atoms with Gasteiger partial charge in [-0.25, -0.2) is 0 Å². The van der Waals surface area contributed by atoms with Gasteiger partial charge in [-0.2, -0.15) is 0 Å². The van der Waals surface area contributed by atoms with Crippen LogP contribution in [0.5, 0.6) is 0 Å². The number of rotatable bonds is 6. The maximum atomic E-state index is 12.5. The normalized spacial score (nSPS) is 22.2. The van der Waals surface area contributed by atoms with E-state index >= 15 is 0 Å². The first kappa shape index (κ1) is 21.1. The molecule has 3 aliphatic rings. The number of carbonyl (C=O) groups excluding carboxylic acids is 1. The van der Waals surface area contributed by atoms with Crippen molar-refractivity contribution in [3.05, 3.63) is 11.6 Å². The molecule has 0 unspecified atom stereocenters. The van der Waals surface area contributed by atoms with Gasteiger partial charge in [0.25, 0.3) is 0 Å². The fraction of sp³-hybridized carbons (Fsp3) is 0.810. The molecule has 1 N–H and O–H groups in total. The summed E-state index contributed by atoms with van der Waals surface area (Å²) in [4.78, 5) is 24.0. The van der Waals surface area contributed by atoms with Crippen molar-refractivity contribution in [3.63, 3.8) is 0 Å². The molecule has 158 valence electrons. The number of piperidine rings is 1. The largest absolute Gasteiger partial charge is 0.377 e. The van der Waals surface area contributed by atoms with E-state index in [0.717, 1.165) is 97.2 Å². The van der Waals surface area contributed by atoms with Crippen LogP contribution in [0, 0.1) is 0 Å². The van der Waals surface area contributed by atoms with E-state index < -0.39 is 0 Å². The van der Waals surface area contributed by atoms with Crippen LogP contribution < -0.4 is 5.32 Å². The third kappa shape index (κ3) is 6.48. The fourth-order valence-electron chi connectivity index (χ4n) is 4.08. The number of carbonyl (C=O) groups is 1. The van der Waals surface area contributed by atoms with Crippen molar-refractivity contribution in [2.75, 3.05) is 72.1 Å². The van der Waals surface area contributed by atoms with Crippen molar-refractivity contribution in [1.82, 2.24) is 20.0 Å².